The lowest BCUT2D eigenvalue weighted by Gasteiger charge is -2.02. The summed E-state index contributed by atoms with van der Waals surface area (Å²) in [6, 6.07) is 8.92. The topological polar surface area (TPSA) is 26.3 Å². The van der Waals surface area contributed by atoms with Crippen LogP contribution in [0.1, 0.15) is 20.8 Å². The molecule has 1 aromatic carbocycles. The number of hydrogen-bond acceptors (Lipinski definition) is 3. The third-order valence-corrected chi connectivity index (χ3v) is 3.97. The normalized spacial score (nSPS) is 10.3. The van der Waals surface area contributed by atoms with Crippen molar-refractivity contribution in [3.63, 3.8) is 0 Å². The Bertz CT molecular complexity index is 541. The van der Waals surface area contributed by atoms with Crippen LogP contribution in [0.5, 0.6) is 5.75 Å². The van der Waals surface area contributed by atoms with Crippen molar-refractivity contribution in [1.82, 2.24) is 0 Å². The maximum atomic E-state index is 12.2. The van der Waals surface area contributed by atoms with Crippen molar-refractivity contribution in [3.05, 3.63) is 50.7 Å². The van der Waals surface area contributed by atoms with Crippen molar-refractivity contribution in [1.29, 1.82) is 0 Å². The Labute approximate surface area is 109 Å². The lowest BCUT2D eigenvalue weighted by molar-refractivity contribution is 0.104. The van der Waals surface area contributed by atoms with Gasteiger partial charge in [0.1, 0.15) is 5.75 Å². The largest absolute Gasteiger partial charge is 0.497 e. The molecule has 0 saturated heterocycles. The fourth-order valence-electron chi connectivity index (χ4n) is 1.48. The first kappa shape index (κ1) is 12.1. The number of hydrogen-bond donors (Lipinski definition) is 0. The van der Waals surface area contributed by atoms with Gasteiger partial charge in [0, 0.05) is 5.56 Å². The summed E-state index contributed by atoms with van der Waals surface area (Å²) in [6.45, 7) is 1.89. The van der Waals surface area contributed by atoms with Crippen LogP contribution in [0.3, 0.4) is 0 Å². The Balaban J connectivity index is 2.36. The predicted molar refractivity (Wildman–Crippen MR) is 70.5 cm³/mol. The SMILES string of the molecule is COc1cccc(C(=O)c2cc(C)c(Cl)s2)c1. The number of ether oxygens (including phenoxy) is 1. The first-order valence-electron chi connectivity index (χ1n) is 5.06. The van der Waals surface area contributed by atoms with Gasteiger partial charge in [0.25, 0.3) is 0 Å². The quantitative estimate of drug-likeness (QED) is 0.787. The Kier molecular flexibility index (Phi) is 3.50. The number of thiophene rings is 1. The predicted octanol–water partition coefficient (Wildman–Crippen LogP) is 3.95. The van der Waals surface area contributed by atoms with E-state index in [4.69, 9.17) is 16.3 Å². The van der Waals surface area contributed by atoms with Gasteiger partial charge >= 0.3 is 0 Å². The lowest BCUT2D eigenvalue weighted by Crippen LogP contribution is -1.98. The van der Waals surface area contributed by atoms with Gasteiger partial charge in [-0.05, 0) is 30.7 Å². The highest BCUT2D eigenvalue weighted by Crippen LogP contribution is 2.29. The highest BCUT2D eigenvalue weighted by Gasteiger charge is 2.14. The standard InChI is InChI=1S/C13H11ClO2S/c1-8-6-11(17-13(8)14)12(15)9-4-3-5-10(7-9)16-2/h3-7H,1-2H3. The summed E-state index contributed by atoms with van der Waals surface area (Å²) in [6.07, 6.45) is 0. The fraction of sp³-hybridized carbons (Fsp3) is 0.154. The highest BCUT2D eigenvalue weighted by molar-refractivity contribution is 7.18. The molecule has 1 aromatic heterocycles. The number of carbonyl (C=O) groups is 1. The summed E-state index contributed by atoms with van der Waals surface area (Å²) in [7, 11) is 1.58. The van der Waals surface area contributed by atoms with E-state index in [-0.39, 0.29) is 5.78 Å². The van der Waals surface area contributed by atoms with Gasteiger partial charge in [-0.1, -0.05) is 23.7 Å². The van der Waals surface area contributed by atoms with Gasteiger partial charge in [-0.25, -0.2) is 0 Å². The molecule has 0 atom stereocenters. The van der Waals surface area contributed by atoms with Crippen molar-refractivity contribution in [3.8, 4) is 5.75 Å². The molecular weight excluding hydrogens is 256 g/mol. The maximum Gasteiger partial charge on any atom is 0.203 e. The molecule has 0 bridgehead atoms. The lowest BCUT2D eigenvalue weighted by atomic mass is 10.1. The Morgan fingerprint density at radius 2 is 2.12 bits per heavy atom. The minimum atomic E-state index is -0.0242. The van der Waals surface area contributed by atoms with Crippen LogP contribution in [-0.2, 0) is 0 Å². The van der Waals surface area contributed by atoms with Crippen LogP contribution in [0.25, 0.3) is 0 Å². The molecule has 0 unspecified atom stereocenters. The molecule has 0 fully saturated rings. The molecule has 0 radical (unpaired) electrons. The zero-order valence-corrected chi connectivity index (χ0v) is 11.1. The second-order valence-electron chi connectivity index (χ2n) is 3.63. The number of aryl methyl sites for hydroxylation is 1. The zero-order chi connectivity index (χ0) is 12.4. The molecule has 2 aromatic rings. The molecule has 1 heterocycles. The van der Waals surface area contributed by atoms with E-state index in [0.717, 1.165) is 5.56 Å². The number of halogens is 1. The average Bonchev–Trinajstić information content (AvgIpc) is 2.69. The van der Waals surface area contributed by atoms with Gasteiger partial charge in [0.15, 0.2) is 0 Å². The minimum Gasteiger partial charge on any atom is -0.497 e. The van der Waals surface area contributed by atoms with E-state index in [1.807, 2.05) is 19.1 Å². The summed E-state index contributed by atoms with van der Waals surface area (Å²) in [4.78, 5) is 12.8. The zero-order valence-electron chi connectivity index (χ0n) is 9.49. The Hall–Kier alpha value is -1.32. The summed E-state index contributed by atoms with van der Waals surface area (Å²) in [5, 5.41) is 0. The summed E-state index contributed by atoms with van der Waals surface area (Å²) < 4.78 is 5.76. The highest BCUT2D eigenvalue weighted by atomic mass is 35.5. The van der Waals surface area contributed by atoms with Crippen LogP contribution in [0, 0.1) is 6.92 Å². The van der Waals surface area contributed by atoms with Crippen LogP contribution >= 0.6 is 22.9 Å². The van der Waals surface area contributed by atoms with Crippen LogP contribution in [0.2, 0.25) is 4.34 Å². The van der Waals surface area contributed by atoms with E-state index >= 15 is 0 Å². The van der Waals surface area contributed by atoms with Gasteiger partial charge < -0.3 is 4.74 Å². The van der Waals surface area contributed by atoms with Gasteiger partial charge in [0.2, 0.25) is 5.78 Å². The average molecular weight is 267 g/mol. The van der Waals surface area contributed by atoms with Crippen molar-refractivity contribution >= 4 is 28.7 Å². The molecule has 17 heavy (non-hydrogen) atoms. The number of rotatable bonds is 3. The monoisotopic (exact) mass is 266 g/mol. The number of benzene rings is 1. The smallest absolute Gasteiger partial charge is 0.203 e. The molecule has 0 aliphatic carbocycles. The third-order valence-electron chi connectivity index (χ3n) is 2.41. The maximum absolute atomic E-state index is 12.2. The molecule has 88 valence electrons. The molecule has 2 nitrogen and oxygen atoms in total. The molecule has 0 aliphatic rings. The second-order valence-corrected chi connectivity index (χ2v) is 5.28. The summed E-state index contributed by atoms with van der Waals surface area (Å²) >= 11 is 7.27. The van der Waals surface area contributed by atoms with E-state index in [1.165, 1.54) is 11.3 Å². The van der Waals surface area contributed by atoms with Gasteiger partial charge in [-0.2, -0.15) is 0 Å². The summed E-state index contributed by atoms with van der Waals surface area (Å²) in [5.74, 6) is 0.652. The molecule has 0 spiro atoms. The molecule has 0 aliphatic heterocycles. The Morgan fingerprint density at radius 1 is 1.35 bits per heavy atom. The van der Waals surface area contributed by atoms with E-state index in [1.54, 1.807) is 25.3 Å². The van der Waals surface area contributed by atoms with E-state index in [0.29, 0.717) is 20.5 Å². The molecule has 0 amide bonds. The van der Waals surface area contributed by atoms with Crippen LogP contribution < -0.4 is 4.74 Å². The molecule has 2 rings (SSSR count). The van der Waals surface area contributed by atoms with E-state index in [2.05, 4.69) is 0 Å². The number of methoxy groups -OCH3 is 1. The fourth-order valence-corrected chi connectivity index (χ4v) is 2.64. The molecular formula is C13H11ClO2S. The van der Waals surface area contributed by atoms with Crippen LogP contribution in [0.4, 0.5) is 0 Å². The van der Waals surface area contributed by atoms with Crippen molar-refractivity contribution < 1.29 is 9.53 Å². The van der Waals surface area contributed by atoms with Crippen LogP contribution in [-0.4, -0.2) is 12.9 Å². The second kappa shape index (κ2) is 4.90. The first-order chi connectivity index (χ1) is 8.11. The number of ketones is 1. The Morgan fingerprint density at radius 3 is 2.71 bits per heavy atom. The van der Waals surface area contributed by atoms with Gasteiger partial charge in [0.05, 0.1) is 16.3 Å². The summed E-state index contributed by atoms with van der Waals surface area (Å²) in [5.41, 5.74) is 1.55. The molecule has 4 heteroatoms. The molecule has 0 saturated carbocycles. The van der Waals surface area contributed by atoms with Crippen molar-refractivity contribution in [2.45, 2.75) is 6.92 Å². The minimum absolute atomic E-state index is 0.0242. The van der Waals surface area contributed by atoms with Crippen LogP contribution in [0.15, 0.2) is 30.3 Å². The molecule has 0 N–H and O–H groups in total. The number of carbonyl (C=O) groups excluding carboxylic acids is 1. The third kappa shape index (κ3) is 2.51. The van der Waals surface area contributed by atoms with E-state index in [9.17, 15) is 4.79 Å². The van der Waals surface area contributed by atoms with Crippen molar-refractivity contribution in [2.75, 3.05) is 7.11 Å². The van der Waals surface area contributed by atoms with Crippen molar-refractivity contribution in [2.24, 2.45) is 0 Å². The first-order valence-corrected chi connectivity index (χ1v) is 6.26. The van der Waals surface area contributed by atoms with E-state index < -0.39 is 0 Å². The van der Waals surface area contributed by atoms with Gasteiger partial charge in [-0.3, -0.25) is 4.79 Å². The van der Waals surface area contributed by atoms with Gasteiger partial charge in [-0.15, -0.1) is 11.3 Å².